The summed E-state index contributed by atoms with van der Waals surface area (Å²) in [4.78, 5) is 22.7. The Labute approximate surface area is 128 Å². The highest BCUT2D eigenvalue weighted by molar-refractivity contribution is 5.81. The van der Waals surface area contributed by atoms with Crippen molar-refractivity contribution in [2.24, 2.45) is 17.3 Å². The molecular weight excluding hydrogens is 268 g/mol. The van der Waals surface area contributed by atoms with Crippen molar-refractivity contribution in [3.05, 3.63) is 25.3 Å². The molecule has 0 atom stereocenters. The minimum absolute atomic E-state index is 0.221. The van der Waals surface area contributed by atoms with E-state index in [9.17, 15) is 9.59 Å². The van der Waals surface area contributed by atoms with E-state index in [1.54, 1.807) is 0 Å². The van der Waals surface area contributed by atoms with Crippen molar-refractivity contribution in [3.8, 4) is 0 Å². The van der Waals surface area contributed by atoms with Gasteiger partial charge in [-0.05, 0) is 24.7 Å². The van der Waals surface area contributed by atoms with E-state index in [4.69, 9.17) is 9.47 Å². The van der Waals surface area contributed by atoms with Gasteiger partial charge in [-0.3, -0.25) is 0 Å². The van der Waals surface area contributed by atoms with Gasteiger partial charge in [0.05, 0.1) is 0 Å². The SMILES string of the molecule is C=CC(=O)OCC(COC(=O)C=C)(CC(C)C)CC(C)C. The van der Waals surface area contributed by atoms with Gasteiger partial charge in [0.1, 0.15) is 13.2 Å². The molecule has 0 radical (unpaired) electrons. The zero-order valence-electron chi connectivity index (χ0n) is 13.7. The Bertz CT molecular complexity index is 333. The summed E-state index contributed by atoms with van der Waals surface area (Å²) in [5.41, 5.74) is -0.375. The van der Waals surface area contributed by atoms with Gasteiger partial charge in [0, 0.05) is 17.6 Å². The molecule has 120 valence electrons. The molecule has 0 aromatic heterocycles. The monoisotopic (exact) mass is 296 g/mol. The summed E-state index contributed by atoms with van der Waals surface area (Å²) < 4.78 is 10.5. The van der Waals surface area contributed by atoms with Crippen LogP contribution >= 0.6 is 0 Å². The molecule has 0 rings (SSSR count). The number of carbonyl (C=O) groups is 2. The van der Waals surface area contributed by atoms with Crippen LogP contribution in [-0.4, -0.2) is 25.2 Å². The molecule has 0 saturated heterocycles. The van der Waals surface area contributed by atoms with Crippen LogP contribution in [0.15, 0.2) is 25.3 Å². The molecule has 0 fully saturated rings. The van der Waals surface area contributed by atoms with E-state index in [0.717, 1.165) is 25.0 Å². The Hall–Kier alpha value is -1.58. The van der Waals surface area contributed by atoms with Crippen LogP contribution in [0.4, 0.5) is 0 Å². The first-order valence-corrected chi connectivity index (χ1v) is 7.33. The van der Waals surface area contributed by atoms with E-state index in [-0.39, 0.29) is 18.6 Å². The molecule has 0 aliphatic heterocycles. The Kier molecular flexibility index (Phi) is 8.67. The maximum absolute atomic E-state index is 11.4. The minimum Gasteiger partial charge on any atom is -0.462 e. The van der Waals surface area contributed by atoms with Crippen LogP contribution < -0.4 is 0 Å². The third-order valence-electron chi connectivity index (χ3n) is 3.06. The standard InChI is InChI=1S/C17H28O4/c1-7-15(18)20-11-17(9-13(3)4,10-14(5)6)12-21-16(19)8-2/h7-8,13-14H,1-2,9-12H2,3-6H3. The molecule has 0 aliphatic rings. The first kappa shape index (κ1) is 19.4. The van der Waals surface area contributed by atoms with Crippen LogP contribution in [0, 0.1) is 17.3 Å². The summed E-state index contributed by atoms with van der Waals surface area (Å²) in [5, 5.41) is 0. The van der Waals surface area contributed by atoms with Crippen LogP contribution in [0.25, 0.3) is 0 Å². The first-order valence-electron chi connectivity index (χ1n) is 7.33. The molecule has 0 unspecified atom stereocenters. The van der Waals surface area contributed by atoms with Crippen molar-refractivity contribution in [3.63, 3.8) is 0 Å². The molecule has 0 amide bonds. The van der Waals surface area contributed by atoms with Gasteiger partial charge >= 0.3 is 11.9 Å². The summed E-state index contributed by atoms with van der Waals surface area (Å²) in [5.74, 6) is -0.119. The van der Waals surface area contributed by atoms with Gasteiger partial charge in [-0.1, -0.05) is 40.9 Å². The average Bonchev–Trinajstić information content (AvgIpc) is 2.40. The van der Waals surface area contributed by atoms with Crippen molar-refractivity contribution in [2.45, 2.75) is 40.5 Å². The van der Waals surface area contributed by atoms with E-state index >= 15 is 0 Å². The fourth-order valence-electron chi connectivity index (χ4n) is 2.66. The first-order chi connectivity index (χ1) is 9.74. The molecule has 0 heterocycles. The van der Waals surface area contributed by atoms with Crippen LogP contribution in [0.1, 0.15) is 40.5 Å². The summed E-state index contributed by atoms with van der Waals surface area (Å²) in [6, 6.07) is 0. The number of ether oxygens (including phenoxy) is 2. The van der Waals surface area contributed by atoms with Crippen LogP contribution in [-0.2, 0) is 19.1 Å². The topological polar surface area (TPSA) is 52.6 Å². The van der Waals surface area contributed by atoms with Gasteiger partial charge < -0.3 is 9.47 Å². The molecule has 0 aromatic rings. The smallest absolute Gasteiger partial charge is 0.330 e. The maximum atomic E-state index is 11.4. The maximum Gasteiger partial charge on any atom is 0.330 e. The van der Waals surface area contributed by atoms with E-state index in [0.29, 0.717) is 11.8 Å². The fraction of sp³-hybridized carbons (Fsp3) is 0.647. The summed E-state index contributed by atoms with van der Waals surface area (Å²) in [6.07, 6.45) is 3.90. The third kappa shape index (κ3) is 8.33. The zero-order valence-corrected chi connectivity index (χ0v) is 13.7. The van der Waals surface area contributed by atoms with Crippen molar-refractivity contribution < 1.29 is 19.1 Å². The Morgan fingerprint density at radius 1 is 0.905 bits per heavy atom. The lowest BCUT2D eigenvalue weighted by atomic mass is 9.75. The molecule has 0 saturated carbocycles. The summed E-state index contributed by atoms with van der Waals surface area (Å²) in [6.45, 7) is 15.6. The van der Waals surface area contributed by atoms with Crippen LogP contribution in [0.5, 0.6) is 0 Å². The largest absolute Gasteiger partial charge is 0.462 e. The Morgan fingerprint density at radius 3 is 1.48 bits per heavy atom. The van der Waals surface area contributed by atoms with E-state index in [1.807, 2.05) is 0 Å². The predicted molar refractivity (Wildman–Crippen MR) is 83.7 cm³/mol. The molecule has 0 aromatic carbocycles. The highest BCUT2D eigenvalue weighted by Gasteiger charge is 2.35. The molecule has 4 heteroatoms. The lowest BCUT2D eigenvalue weighted by Crippen LogP contribution is -2.37. The van der Waals surface area contributed by atoms with Crippen molar-refractivity contribution in [1.82, 2.24) is 0 Å². The van der Waals surface area contributed by atoms with E-state index in [2.05, 4.69) is 40.9 Å². The minimum atomic E-state index is -0.457. The van der Waals surface area contributed by atoms with Gasteiger partial charge in [-0.2, -0.15) is 0 Å². The van der Waals surface area contributed by atoms with Gasteiger partial charge in [0.25, 0.3) is 0 Å². The second kappa shape index (κ2) is 9.37. The van der Waals surface area contributed by atoms with Crippen LogP contribution in [0.3, 0.4) is 0 Å². The molecular formula is C17H28O4. The molecule has 0 spiro atoms. The Balaban J connectivity index is 5.08. The Morgan fingerprint density at radius 2 is 1.24 bits per heavy atom. The molecule has 0 bridgehead atoms. The van der Waals surface area contributed by atoms with E-state index < -0.39 is 11.9 Å². The predicted octanol–water partition coefficient (Wildman–Crippen LogP) is 3.52. The third-order valence-corrected chi connectivity index (χ3v) is 3.06. The van der Waals surface area contributed by atoms with Gasteiger partial charge in [0.2, 0.25) is 0 Å². The summed E-state index contributed by atoms with van der Waals surface area (Å²) in [7, 11) is 0. The highest BCUT2D eigenvalue weighted by Crippen LogP contribution is 2.35. The number of esters is 2. The van der Waals surface area contributed by atoms with Gasteiger partial charge in [0.15, 0.2) is 0 Å². The molecule has 0 N–H and O–H groups in total. The highest BCUT2D eigenvalue weighted by atomic mass is 16.5. The number of hydrogen-bond donors (Lipinski definition) is 0. The molecule has 21 heavy (non-hydrogen) atoms. The fourth-order valence-corrected chi connectivity index (χ4v) is 2.66. The van der Waals surface area contributed by atoms with Crippen molar-refractivity contribution in [2.75, 3.05) is 13.2 Å². The molecule has 4 nitrogen and oxygen atoms in total. The number of rotatable bonds is 10. The lowest BCUT2D eigenvalue weighted by molar-refractivity contribution is -0.150. The quantitative estimate of drug-likeness (QED) is 0.457. The number of hydrogen-bond acceptors (Lipinski definition) is 4. The van der Waals surface area contributed by atoms with Gasteiger partial charge in [-0.15, -0.1) is 0 Å². The van der Waals surface area contributed by atoms with Crippen LogP contribution in [0.2, 0.25) is 0 Å². The summed E-state index contributed by atoms with van der Waals surface area (Å²) >= 11 is 0. The normalized spacial score (nSPS) is 11.3. The second-order valence-corrected chi connectivity index (χ2v) is 6.32. The second-order valence-electron chi connectivity index (χ2n) is 6.32. The van der Waals surface area contributed by atoms with Gasteiger partial charge in [-0.25, -0.2) is 9.59 Å². The molecule has 0 aliphatic carbocycles. The number of carbonyl (C=O) groups excluding carboxylic acids is 2. The lowest BCUT2D eigenvalue weighted by Gasteiger charge is -2.35. The van der Waals surface area contributed by atoms with Crippen molar-refractivity contribution >= 4 is 11.9 Å². The van der Waals surface area contributed by atoms with E-state index in [1.165, 1.54) is 0 Å². The average molecular weight is 296 g/mol. The van der Waals surface area contributed by atoms with Crippen molar-refractivity contribution in [1.29, 1.82) is 0 Å². The zero-order chi connectivity index (χ0) is 16.5.